The van der Waals surface area contributed by atoms with E-state index in [0.717, 1.165) is 31.6 Å². The van der Waals surface area contributed by atoms with E-state index in [2.05, 4.69) is 29.1 Å². The lowest BCUT2D eigenvalue weighted by atomic mass is 10.3. The molecule has 0 bridgehead atoms. The summed E-state index contributed by atoms with van der Waals surface area (Å²) in [6.07, 6.45) is 3.61. The Balaban J connectivity index is 2.24. The first-order chi connectivity index (χ1) is 7.36. The molecule has 1 aromatic heterocycles. The molecule has 1 heterocycles. The molecule has 0 spiro atoms. The summed E-state index contributed by atoms with van der Waals surface area (Å²) in [6.45, 7) is 6.76. The van der Waals surface area contributed by atoms with Crippen molar-refractivity contribution in [3.63, 3.8) is 0 Å². The number of hydrogen-bond donors (Lipinski definition) is 1. The third kappa shape index (κ3) is 4.74. The van der Waals surface area contributed by atoms with Crippen LogP contribution >= 0.6 is 0 Å². The van der Waals surface area contributed by atoms with E-state index >= 15 is 0 Å². The van der Waals surface area contributed by atoms with E-state index in [-0.39, 0.29) is 0 Å². The fourth-order valence-corrected chi connectivity index (χ4v) is 1.18. The zero-order chi connectivity index (χ0) is 10.9. The molecule has 84 valence electrons. The van der Waals surface area contributed by atoms with Crippen LogP contribution in [0.25, 0.3) is 0 Å². The highest BCUT2D eigenvalue weighted by atomic mass is 16.5. The van der Waals surface area contributed by atoms with Crippen molar-refractivity contribution in [1.29, 1.82) is 0 Å². The third-order valence-electron chi connectivity index (χ3n) is 2.02. The standard InChI is InChI=1S/C11H19N3O/c1-3-5-12-6-7-15-11-8-10(4-2)13-9-14-11/h8-9,12H,3-7H2,1-2H3. The predicted octanol–water partition coefficient (Wildman–Crippen LogP) is 1.42. The number of aromatic nitrogens is 2. The van der Waals surface area contributed by atoms with Gasteiger partial charge in [0, 0.05) is 18.3 Å². The Morgan fingerprint density at radius 3 is 2.87 bits per heavy atom. The zero-order valence-corrected chi connectivity index (χ0v) is 9.49. The summed E-state index contributed by atoms with van der Waals surface area (Å²) >= 11 is 0. The van der Waals surface area contributed by atoms with Crippen LogP contribution in [-0.4, -0.2) is 29.7 Å². The van der Waals surface area contributed by atoms with Crippen molar-refractivity contribution >= 4 is 0 Å². The number of nitrogens with one attached hydrogen (secondary N) is 1. The third-order valence-corrected chi connectivity index (χ3v) is 2.02. The molecule has 0 saturated carbocycles. The Morgan fingerprint density at radius 2 is 2.13 bits per heavy atom. The van der Waals surface area contributed by atoms with Crippen LogP contribution in [0.3, 0.4) is 0 Å². The summed E-state index contributed by atoms with van der Waals surface area (Å²) in [7, 11) is 0. The molecule has 1 aromatic rings. The SMILES string of the molecule is CCCNCCOc1cc(CC)ncn1. The van der Waals surface area contributed by atoms with Crippen molar-refractivity contribution in [1.82, 2.24) is 15.3 Å². The maximum Gasteiger partial charge on any atom is 0.216 e. The van der Waals surface area contributed by atoms with Gasteiger partial charge in [0.2, 0.25) is 5.88 Å². The first-order valence-corrected chi connectivity index (χ1v) is 5.51. The van der Waals surface area contributed by atoms with Gasteiger partial charge in [-0.05, 0) is 19.4 Å². The van der Waals surface area contributed by atoms with Crippen molar-refractivity contribution in [2.24, 2.45) is 0 Å². The number of hydrogen-bond acceptors (Lipinski definition) is 4. The molecule has 4 heteroatoms. The molecule has 0 amide bonds. The number of rotatable bonds is 7. The van der Waals surface area contributed by atoms with Gasteiger partial charge in [-0.3, -0.25) is 0 Å². The molecule has 0 radical (unpaired) electrons. The van der Waals surface area contributed by atoms with Crippen LogP contribution in [0.4, 0.5) is 0 Å². The minimum atomic E-state index is 0.653. The topological polar surface area (TPSA) is 47.0 Å². The minimum Gasteiger partial charge on any atom is -0.476 e. The highest BCUT2D eigenvalue weighted by Crippen LogP contribution is 2.06. The number of aryl methyl sites for hydroxylation is 1. The highest BCUT2D eigenvalue weighted by Gasteiger charge is 1.97. The molecular formula is C11H19N3O. The van der Waals surface area contributed by atoms with Gasteiger partial charge in [-0.1, -0.05) is 13.8 Å². The Morgan fingerprint density at radius 1 is 1.27 bits per heavy atom. The van der Waals surface area contributed by atoms with Gasteiger partial charge in [0.25, 0.3) is 0 Å². The lowest BCUT2D eigenvalue weighted by Gasteiger charge is -2.06. The van der Waals surface area contributed by atoms with Gasteiger partial charge < -0.3 is 10.1 Å². The molecule has 0 saturated heterocycles. The van der Waals surface area contributed by atoms with E-state index in [1.807, 2.05) is 6.07 Å². The summed E-state index contributed by atoms with van der Waals surface area (Å²) < 4.78 is 5.48. The van der Waals surface area contributed by atoms with Gasteiger partial charge in [-0.2, -0.15) is 0 Å². The second-order valence-electron chi connectivity index (χ2n) is 3.30. The van der Waals surface area contributed by atoms with Crippen LogP contribution in [0, 0.1) is 0 Å². The highest BCUT2D eigenvalue weighted by molar-refractivity contribution is 5.13. The summed E-state index contributed by atoms with van der Waals surface area (Å²) in [4.78, 5) is 8.15. The van der Waals surface area contributed by atoms with Crippen molar-refractivity contribution in [3.05, 3.63) is 18.1 Å². The van der Waals surface area contributed by atoms with E-state index in [9.17, 15) is 0 Å². The lowest BCUT2D eigenvalue weighted by Crippen LogP contribution is -2.21. The van der Waals surface area contributed by atoms with Gasteiger partial charge in [-0.15, -0.1) is 0 Å². The predicted molar refractivity (Wildman–Crippen MR) is 60.1 cm³/mol. The molecule has 0 aliphatic carbocycles. The van der Waals surface area contributed by atoms with E-state index in [0.29, 0.717) is 12.5 Å². The molecule has 4 nitrogen and oxygen atoms in total. The van der Waals surface area contributed by atoms with E-state index < -0.39 is 0 Å². The first kappa shape index (κ1) is 11.9. The minimum absolute atomic E-state index is 0.653. The Bertz CT molecular complexity index is 278. The van der Waals surface area contributed by atoms with Crippen molar-refractivity contribution in [3.8, 4) is 5.88 Å². The number of nitrogens with zero attached hydrogens (tertiary/aromatic N) is 2. The quantitative estimate of drug-likeness (QED) is 0.690. The molecule has 0 aliphatic rings. The molecule has 15 heavy (non-hydrogen) atoms. The molecule has 0 unspecified atom stereocenters. The van der Waals surface area contributed by atoms with Gasteiger partial charge in [0.1, 0.15) is 12.9 Å². The zero-order valence-electron chi connectivity index (χ0n) is 9.49. The van der Waals surface area contributed by atoms with Crippen LogP contribution < -0.4 is 10.1 Å². The number of ether oxygens (including phenoxy) is 1. The second-order valence-corrected chi connectivity index (χ2v) is 3.30. The van der Waals surface area contributed by atoms with Gasteiger partial charge in [0.15, 0.2) is 0 Å². The van der Waals surface area contributed by atoms with Crippen LogP contribution in [0.1, 0.15) is 26.0 Å². The maximum absolute atomic E-state index is 5.48. The van der Waals surface area contributed by atoms with E-state index in [1.54, 1.807) is 6.33 Å². The largest absolute Gasteiger partial charge is 0.476 e. The Hall–Kier alpha value is -1.16. The lowest BCUT2D eigenvalue weighted by molar-refractivity contribution is 0.301. The summed E-state index contributed by atoms with van der Waals surface area (Å²) in [5, 5.41) is 3.27. The van der Waals surface area contributed by atoms with Crippen LogP contribution in [0.2, 0.25) is 0 Å². The fourth-order valence-electron chi connectivity index (χ4n) is 1.18. The molecule has 0 aromatic carbocycles. The van der Waals surface area contributed by atoms with Gasteiger partial charge in [0.05, 0.1) is 0 Å². The van der Waals surface area contributed by atoms with Gasteiger partial charge in [-0.25, -0.2) is 9.97 Å². The Labute approximate surface area is 91.1 Å². The monoisotopic (exact) mass is 209 g/mol. The first-order valence-electron chi connectivity index (χ1n) is 5.51. The van der Waals surface area contributed by atoms with Crippen LogP contribution in [0.15, 0.2) is 12.4 Å². The molecule has 1 rings (SSSR count). The van der Waals surface area contributed by atoms with Crippen molar-refractivity contribution < 1.29 is 4.74 Å². The van der Waals surface area contributed by atoms with Crippen molar-refractivity contribution in [2.45, 2.75) is 26.7 Å². The summed E-state index contributed by atoms with van der Waals surface area (Å²) in [5.74, 6) is 0.667. The molecule has 0 aliphatic heterocycles. The smallest absolute Gasteiger partial charge is 0.216 e. The Kier molecular flexibility index (Phi) is 5.70. The van der Waals surface area contributed by atoms with Crippen LogP contribution in [-0.2, 0) is 6.42 Å². The van der Waals surface area contributed by atoms with Crippen molar-refractivity contribution in [2.75, 3.05) is 19.7 Å². The molecule has 1 N–H and O–H groups in total. The molecular weight excluding hydrogens is 190 g/mol. The summed E-state index contributed by atoms with van der Waals surface area (Å²) in [5.41, 5.74) is 1.02. The fraction of sp³-hybridized carbons (Fsp3) is 0.636. The molecule has 0 fully saturated rings. The van der Waals surface area contributed by atoms with Gasteiger partial charge >= 0.3 is 0 Å². The van der Waals surface area contributed by atoms with Crippen LogP contribution in [0.5, 0.6) is 5.88 Å². The van der Waals surface area contributed by atoms with E-state index in [1.165, 1.54) is 0 Å². The average molecular weight is 209 g/mol. The molecule has 0 atom stereocenters. The maximum atomic E-state index is 5.48. The normalized spacial score (nSPS) is 10.3. The summed E-state index contributed by atoms with van der Waals surface area (Å²) in [6, 6.07) is 1.89. The van der Waals surface area contributed by atoms with E-state index in [4.69, 9.17) is 4.74 Å². The average Bonchev–Trinajstić information content (AvgIpc) is 2.29. The second kappa shape index (κ2) is 7.17.